The molecule has 0 unspecified atom stereocenters. The fraction of sp³-hybridized carbons (Fsp3) is 0.143. The molecule has 0 aliphatic carbocycles. The van der Waals surface area contributed by atoms with Crippen LogP contribution in [0.4, 0.5) is 34.6 Å². The van der Waals surface area contributed by atoms with Gasteiger partial charge in [-0.3, -0.25) is 10.1 Å². The van der Waals surface area contributed by atoms with Gasteiger partial charge >= 0.3 is 6.18 Å². The molecule has 0 aliphatic rings. The molecule has 0 atom stereocenters. The number of rotatable bonds is 3. The highest BCUT2D eigenvalue weighted by molar-refractivity contribution is 5.70. The van der Waals surface area contributed by atoms with Crippen molar-refractivity contribution in [3.63, 3.8) is 0 Å². The molecule has 0 aromatic heterocycles. The van der Waals surface area contributed by atoms with Gasteiger partial charge in [0.25, 0.3) is 5.69 Å². The zero-order valence-electron chi connectivity index (χ0n) is 11.2. The maximum Gasteiger partial charge on any atom is 0.416 e. The zero-order chi connectivity index (χ0) is 16.5. The van der Waals surface area contributed by atoms with Crippen LogP contribution < -0.4 is 5.32 Å². The van der Waals surface area contributed by atoms with Crippen LogP contribution in [-0.2, 0) is 6.18 Å². The van der Waals surface area contributed by atoms with E-state index in [0.717, 1.165) is 18.2 Å². The van der Waals surface area contributed by atoms with Crippen LogP contribution in [0.2, 0.25) is 0 Å². The van der Waals surface area contributed by atoms with E-state index in [1.54, 1.807) is 0 Å². The van der Waals surface area contributed by atoms with Gasteiger partial charge in [0.05, 0.1) is 10.5 Å². The van der Waals surface area contributed by atoms with Crippen molar-refractivity contribution in [1.82, 2.24) is 0 Å². The number of alkyl halides is 3. The number of halogens is 4. The molecular weight excluding hydrogens is 304 g/mol. The van der Waals surface area contributed by atoms with Gasteiger partial charge in [0.15, 0.2) is 0 Å². The highest BCUT2D eigenvalue weighted by atomic mass is 19.4. The van der Waals surface area contributed by atoms with Crippen molar-refractivity contribution in [2.45, 2.75) is 13.1 Å². The van der Waals surface area contributed by atoms with Crippen LogP contribution in [0.1, 0.15) is 11.1 Å². The van der Waals surface area contributed by atoms with Crippen LogP contribution in [0.15, 0.2) is 36.4 Å². The van der Waals surface area contributed by atoms with Gasteiger partial charge in [-0.05, 0) is 42.8 Å². The predicted molar refractivity (Wildman–Crippen MR) is 72.5 cm³/mol. The molecule has 2 rings (SSSR count). The molecule has 0 bridgehead atoms. The topological polar surface area (TPSA) is 55.2 Å². The second-order valence-electron chi connectivity index (χ2n) is 4.58. The molecule has 22 heavy (non-hydrogen) atoms. The van der Waals surface area contributed by atoms with E-state index in [9.17, 15) is 27.7 Å². The van der Waals surface area contributed by atoms with E-state index in [1.807, 2.05) is 0 Å². The number of hydrogen-bond donors (Lipinski definition) is 1. The molecular formula is C14H10F4N2O2. The van der Waals surface area contributed by atoms with Crippen LogP contribution in [-0.4, -0.2) is 4.92 Å². The average molecular weight is 314 g/mol. The molecule has 0 heterocycles. The first kappa shape index (κ1) is 15.7. The summed E-state index contributed by atoms with van der Waals surface area (Å²) in [6, 6.07) is 6.07. The Balaban J connectivity index is 2.42. The third kappa shape index (κ3) is 3.33. The normalized spacial score (nSPS) is 11.3. The zero-order valence-corrected chi connectivity index (χ0v) is 11.2. The molecule has 0 fully saturated rings. The van der Waals surface area contributed by atoms with Crippen molar-refractivity contribution >= 4 is 17.1 Å². The van der Waals surface area contributed by atoms with Crippen molar-refractivity contribution < 1.29 is 22.5 Å². The monoisotopic (exact) mass is 314 g/mol. The minimum Gasteiger partial charge on any atom is -0.350 e. The summed E-state index contributed by atoms with van der Waals surface area (Å²) in [6.45, 7) is 1.50. The Kier molecular flexibility index (Phi) is 4.03. The van der Waals surface area contributed by atoms with Gasteiger partial charge < -0.3 is 5.32 Å². The third-order valence-corrected chi connectivity index (χ3v) is 2.96. The SMILES string of the molecule is Cc1cc(Nc2ccc(C(F)(F)F)cc2[N+](=O)[O-])ccc1F. The smallest absolute Gasteiger partial charge is 0.350 e. The lowest BCUT2D eigenvalue weighted by Gasteiger charge is -2.11. The molecule has 4 nitrogen and oxygen atoms in total. The summed E-state index contributed by atoms with van der Waals surface area (Å²) in [5.41, 5.74) is -1.29. The first-order valence-corrected chi connectivity index (χ1v) is 6.07. The fourth-order valence-corrected chi connectivity index (χ4v) is 1.84. The Morgan fingerprint density at radius 2 is 1.82 bits per heavy atom. The molecule has 0 aliphatic heterocycles. The Hall–Kier alpha value is -2.64. The molecule has 0 saturated carbocycles. The van der Waals surface area contributed by atoms with Crippen molar-refractivity contribution in [2.24, 2.45) is 0 Å². The van der Waals surface area contributed by atoms with Crippen molar-refractivity contribution in [3.05, 3.63) is 63.5 Å². The van der Waals surface area contributed by atoms with Gasteiger partial charge in [0, 0.05) is 11.8 Å². The predicted octanol–water partition coefficient (Wildman–Crippen LogP) is 4.80. The minimum atomic E-state index is -4.67. The van der Waals surface area contributed by atoms with E-state index < -0.39 is 28.2 Å². The summed E-state index contributed by atoms with van der Waals surface area (Å²) in [5, 5.41) is 13.6. The lowest BCUT2D eigenvalue weighted by Crippen LogP contribution is -2.06. The maximum absolute atomic E-state index is 13.2. The number of benzene rings is 2. The van der Waals surface area contributed by atoms with Crippen molar-refractivity contribution in [3.8, 4) is 0 Å². The number of nitrogens with one attached hydrogen (secondary N) is 1. The highest BCUT2D eigenvalue weighted by Gasteiger charge is 2.33. The Labute approximate surface area is 122 Å². The van der Waals surface area contributed by atoms with Gasteiger partial charge in [0.2, 0.25) is 0 Å². The van der Waals surface area contributed by atoms with E-state index >= 15 is 0 Å². The number of anilines is 2. The summed E-state index contributed by atoms with van der Waals surface area (Å²) in [4.78, 5) is 10.0. The van der Waals surface area contributed by atoms with E-state index in [-0.39, 0.29) is 5.69 Å². The van der Waals surface area contributed by atoms with Gasteiger partial charge in [-0.2, -0.15) is 13.2 Å². The summed E-state index contributed by atoms with van der Waals surface area (Å²) in [7, 11) is 0. The summed E-state index contributed by atoms with van der Waals surface area (Å²) < 4.78 is 51.0. The third-order valence-electron chi connectivity index (χ3n) is 2.96. The Morgan fingerprint density at radius 1 is 1.14 bits per heavy atom. The average Bonchev–Trinajstić information content (AvgIpc) is 2.42. The van der Waals surface area contributed by atoms with Crippen LogP contribution in [0.25, 0.3) is 0 Å². The number of nitro groups is 1. The molecule has 0 saturated heterocycles. The molecule has 8 heteroatoms. The lowest BCUT2D eigenvalue weighted by molar-refractivity contribution is -0.384. The van der Waals surface area contributed by atoms with Crippen LogP contribution >= 0.6 is 0 Å². The van der Waals surface area contributed by atoms with Gasteiger partial charge in [-0.1, -0.05) is 0 Å². The second kappa shape index (κ2) is 5.63. The quantitative estimate of drug-likeness (QED) is 0.503. The number of aryl methyl sites for hydroxylation is 1. The standard InChI is InChI=1S/C14H10F4N2O2/c1-8-6-10(3-4-11(8)15)19-12-5-2-9(14(16,17)18)7-13(12)20(21)22/h2-7,19H,1H3. The molecule has 116 valence electrons. The summed E-state index contributed by atoms with van der Waals surface area (Å²) >= 11 is 0. The molecule has 2 aromatic rings. The summed E-state index contributed by atoms with van der Waals surface area (Å²) in [5.74, 6) is -0.451. The maximum atomic E-state index is 13.2. The number of nitro benzene ring substituents is 1. The van der Waals surface area contributed by atoms with Gasteiger partial charge in [0.1, 0.15) is 11.5 Å². The number of hydrogen-bond acceptors (Lipinski definition) is 3. The highest BCUT2D eigenvalue weighted by Crippen LogP contribution is 2.36. The number of nitrogens with zero attached hydrogens (tertiary/aromatic N) is 1. The Morgan fingerprint density at radius 3 is 2.36 bits per heavy atom. The molecule has 0 amide bonds. The van der Waals surface area contributed by atoms with E-state index in [4.69, 9.17) is 0 Å². The first-order valence-electron chi connectivity index (χ1n) is 6.07. The largest absolute Gasteiger partial charge is 0.416 e. The van der Waals surface area contributed by atoms with E-state index in [1.165, 1.54) is 19.1 Å². The minimum absolute atomic E-state index is 0.107. The van der Waals surface area contributed by atoms with Crippen LogP contribution in [0.5, 0.6) is 0 Å². The fourth-order valence-electron chi connectivity index (χ4n) is 1.84. The first-order chi connectivity index (χ1) is 10.2. The van der Waals surface area contributed by atoms with E-state index in [0.29, 0.717) is 17.3 Å². The van der Waals surface area contributed by atoms with Gasteiger partial charge in [-0.15, -0.1) is 0 Å². The molecule has 0 spiro atoms. The molecule has 1 N–H and O–H groups in total. The molecule has 0 radical (unpaired) electrons. The van der Waals surface area contributed by atoms with Crippen LogP contribution in [0, 0.1) is 22.9 Å². The molecule has 2 aromatic carbocycles. The summed E-state index contributed by atoms with van der Waals surface area (Å²) in [6.07, 6.45) is -4.67. The second-order valence-corrected chi connectivity index (χ2v) is 4.58. The van der Waals surface area contributed by atoms with Crippen LogP contribution in [0.3, 0.4) is 0 Å². The van der Waals surface area contributed by atoms with Crippen molar-refractivity contribution in [1.29, 1.82) is 0 Å². The Bertz CT molecular complexity index is 729. The van der Waals surface area contributed by atoms with Gasteiger partial charge in [-0.25, -0.2) is 4.39 Å². The lowest BCUT2D eigenvalue weighted by atomic mass is 10.1. The van der Waals surface area contributed by atoms with Crippen molar-refractivity contribution in [2.75, 3.05) is 5.32 Å². The van der Waals surface area contributed by atoms with E-state index in [2.05, 4.69) is 5.32 Å².